The van der Waals surface area contributed by atoms with Gasteiger partial charge in [-0.15, -0.1) is 0 Å². The van der Waals surface area contributed by atoms with Crippen molar-refractivity contribution in [2.24, 2.45) is 0 Å². The quantitative estimate of drug-likeness (QED) is 0.718. The molecule has 1 heterocycles. The number of carbonyl (C=O) groups is 2. The predicted molar refractivity (Wildman–Crippen MR) is 87.9 cm³/mol. The van der Waals surface area contributed by atoms with Crippen LogP contribution in [0.2, 0.25) is 0 Å². The van der Waals surface area contributed by atoms with Gasteiger partial charge in [0.05, 0.1) is 18.8 Å². The number of amides is 2. The van der Waals surface area contributed by atoms with Gasteiger partial charge in [-0.3, -0.25) is 9.59 Å². The van der Waals surface area contributed by atoms with Gasteiger partial charge in [-0.1, -0.05) is 12.1 Å². The highest BCUT2D eigenvalue weighted by molar-refractivity contribution is 5.96. The van der Waals surface area contributed by atoms with Crippen molar-refractivity contribution >= 4 is 11.8 Å². The molecule has 1 aromatic rings. The maximum absolute atomic E-state index is 12.4. The molecule has 0 radical (unpaired) electrons. The predicted octanol–water partition coefficient (Wildman–Crippen LogP) is 0.776. The Balaban J connectivity index is 1.74. The Hall–Kier alpha value is -2.12. The van der Waals surface area contributed by atoms with Crippen molar-refractivity contribution in [3.63, 3.8) is 0 Å². The first-order valence-electron chi connectivity index (χ1n) is 8.05. The lowest BCUT2D eigenvalue weighted by atomic mass is 10.0. The molecule has 1 saturated heterocycles. The van der Waals surface area contributed by atoms with Gasteiger partial charge in [-0.25, -0.2) is 0 Å². The van der Waals surface area contributed by atoms with Crippen LogP contribution < -0.4 is 5.32 Å². The van der Waals surface area contributed by atoms with Crippen LogP contribution in [0.1, 0.15) is 23.2 Å². The topological polar surface area (TPSA) is 88.1 Å². The van der Waals surface area contributed by atoms with Crippen molar-refractivity contribution in [3.8, 4) is 5.75 Å². The first-order valence-corrected chi connectivity index (χ1v) is 8.05. The molecule has 7 nitrogen and oxygen atoms in total. The van der Waals surface area contributed by atoms with Crippen LogP contribution in [0.15, 0.2) is 24.3 Å². The van der Waals surface area contributed by atoms with Gasteiger partial charge in [-0.05, 0) is 25.0 Å². The largest absolute Gasteiger partial charge is 0.507 e. The number of carbonyl (C=O) groups excluding carboxylic acids is 2. The van der Waals surface area contributed by atoms with Crippen molar-refractivity contribution < 1.29 is 24.2 Å². The number of aromatic hydroxyl groups is 1. The Morgan fingerprint density at radius 3 is 2.62 bits per heavy atom. The van der Waals surface area contributed by atoms with E-state index in [1.807, 2.05) is 0 Å². The summed E-state index contributed by atoms with van der Waals surface area (Å²) in [6.07, 6.45) is 1.37. The van der Waals surface area contributed by atoms with Crippen molar-refractivity contribution in [1.82, 2.24) is 10.2 Å². The van der Waals surface area contributed by atoms with E-state index in [-0.39, 0.29) is 30.2 Å². The van der Waals surface area contributed by atoms with E-state index in [0.29, 0.717) is 44.7 Å². The van der Waals surface area contributed by atoms with Crippen molar-refractivity contribution in [3.05, 3.63) is 29.8 Å². The number of piperidine rings is 1. The summed E-state index contributed by atoms with van der Waals surface area (Å²) in [5.41, 5.74) is 0.312. The first-order chi connectivity index (χ1) is 11.6. The number of ether oxygens (including phenoxy) is 2. The molecule has 1 aliphatic rings. The maximum atomic E-state index is 12.4. The number of phenols is 1. The average molecular weight is 336 g/mol. The third kappa shape index (κ3) is 5.21. The highest BCUT2D eigenvalue weighted by Gasteiger charge is 2.25. The maximum Gasteiger partial charge on any atom is 0.257 e. The number of nitrogens with one attached hydrogen (secondary N) is 1. The first kappa shape index (κ1) is 18.2. The second-order valence-electron chi connectivity index (χ2n) is 5.70. The summed E-state index contributed by atoms with van der Waals surface area (Å²) in [6.45, 7) is 1.95. The molecule has 0 saturated carbocycles. The van der Waals surface area contributed by atoms with Crippen LogP contribution in [0.3, 0.4) is 0 Å². The van der Waals surface area contributed by atoms with E-state index in [4.69, 9.17) is 9.47 Å². The molecule has 0 aliphatic carbocycles. The summed E-state index contributed by atoms with van der Waals surface area (Å²) < 4.78 is 10.0. The molecule has 0 atom stereocenters. The SMILES string of the molecule is COCCOCC(=O)NC1CCN(C(=O)c2ccccc2O)CC1. The van der Waals surface area contributed by atoms with E-state index in [1.165, 1.54) is 6.07 Å². The van der Waals surface area contributed by atoms with Crippen LogP contribution in [-0.4, -0.2) is 67.9 Å². The molecular weight excluding hydrogens is 312 g/mol. The fourth-order valence-corrected chi connectivity index (χ4v) is 2.63. The lowest BCUT2D eigenvalue weighted by Gasteiger charge is -2.32. The number of hydrogen-bond acceptors (Lipinski definition) is 5. The van der Waals surface area contributed by atoms with Crippen LogP contribution in [0.5, 0.6) is 5.75 Å². The number of nitrogens with zero attached hydrogens (tertiary/aromatic N) is 1. The lowest BCUT2D eigenvalue weighted by Crippen LogP contribution is -2.47. The minimum absolute atomic E-state index is 0.00821. The van der Waals surface area contributed by atoms with Gasteiger partial charge in [0, 0.05) is 26.2 Å². The van der Waals surface area contributed by atoms with Gasteiger partial charge >= 0.3 is 0 Å². The highest BCUT2D eigenvalue weighted by atomic mass is 16.5. The van der Waals surface area contributed by atoms with E-state index < -0.39 is 0 Å². The molecule has 1 fully saturated rings. The number of para-hydroxylation sites is 1. The molecule has 7 heteroatoms. The van der Waals surface area contributed by atoms with Gasteiger partial charge in [-0.2, -0.15) is 0 Å². The number of hydrogen-bond donors (Lipinski definition) is 2. The van der Waals surface area contributed by atoms with Crippen LogP contribution in [0.4, 0.5) is 0 Å². The summed E-state index contributed by atoms with van der Waals surface area (Å²) >= 11 is 0. The monoisotopic (exact) mass is 336 g/mol. The van der Waals surface area contributed by atoms with Crippen LogP contribution in [-0.2, 0) is 14.3 Å². The summed E-state index contributed by atoms with van der Waals surface area (Å²) in [6, 6.07) is 6.57. The van der Waals surface area contributed by atoms with E-state index in [0.717, 1.165) is 0 Å². The van der Waals surface area contributed by atoms with Crippen LogP contribution in [0.25, 0.3) is 0 Å². The van der Waals surface area contributed by atoms with E-state index in [2.05, 4.69) is 5.32 Å². The molecule has 24 heavy (non-hydrogen) atoms. The third-order valence-corrected chi connectivity index (χ3v) is 3.95. The van der Waals surface area contributed by atoms with Gasteiger partial charge < -0.3 is 24.8 Å². The molecule has 1 aromatic carbocycles. The zero-order chi connectivity index (χ0) is 17.4. The minimum Gasteiger partial charge on any atom is -0.507 e. The second kappa shape index (κ2) is 9.24. The number of benzene rings is 1. The normalized spacial score (nSPS) is 15.3. The average Bonchev–Trinajstić information content (AvgIpc) is 2.59. The fraction of sp³-hybridized carbons (Fsp3) is 0.529. The molecule has 2 amide bonds. The zero-order valence-corrected chi connectivity index (χ0v) is 13.9. The number of rotatable bonds is 7. The molecule has 0 spiro atoms. The Bertz CT molecular complexity index is 556. The van der Waals surface area contributed by atoms with Gasteiger partial charge in [0.1, 0.15) is 12.4 Å². The summed E-state index contributed by atoms with van der Waals surface area (Å²) in [4.78, 5) is 25.9. The Morgan fingerprint density at radius 1 is 1.25 bits per heavy atom. The summed E-state index contributed by atoms with van der Waals surface area (Å²) in [5.74, 6) is -0.344. The van der Waals surface area contributed by atoms with E-state index in [1.54, 1.807) is 30.2 Å². The zero-order valence-electron chi connectivity index (χ0n) is 13.9. The third-order valence-electron chi connectivity index (χ3n) is 3.95. The van der Waals surface area contributed by atoms with Gasteiger partial charge in [0.15, 0.2) is 0 Å². The number of phenolic OH excluding ortho intramolecular Hbond substituents is 1. The Morgan fingerprint density at radius 2 is 1.96 bits per heavy atom. The summed E-state index contributed by atoms with van der Waals surface area (Å²) in [5, 5.41) is 12.7. The Labute approximate surface area is 141 Å². The molecule has 132 valence electrons. The molecule has 0 aromatic heterocycles. The molecular formula is C17H24N2O5. The lowest BCUT2D eigenvalue weighted by molar-refractivity contribution is -0.127. The molecule has 0 unspecified atom stereocenters. The summed E-state index contributed by atoms with van der Waals surface area (Å²) in [7, 11) is 1.58. The van der Waals surface area contributed by atoms with E-state index in [9.17, 15) is 14.7 Å². The van der Waals surface area contributed by atoms with Gasteiger partial charge in [0.25, 0.3) is 5.91 Å². The molecule has 1 aliphatic heterocycles. The molecule has 2 N–H and O–H groups in total. The molecule has 0 bridgehead atoms. The standard InChI is InChI=1S/C17H24N2O5/c1-23-10-11-24-12-16(21)18-13-6-8-19(9-7-13)17(22)14-4-2-3-5-15(14)20/h2-5,13,20H,6-12H2,1H3,(H,18,21). The molecule has 2 rings (SSSR count). The van der Waals surface area contributed by atoms with Crippen molar-refractivity contribution in [2.45, 2.75) is 18.9 Å². The highest BCUT2D eigenvalue weighted by Crippen LogP contribution is 2.20. The van der Waals surface area contributed by atoms with Crippen LogP contribution >= 0.6 is 0 Å². The van der Waals surface area contributed by atoms with Gasteiger partial charge in [0.2, 0.25) is 5.91 Å². The minimum atomic E-state index is -0.180. The fourth-order valence-electron chi connectivity index (χ4n) is 2.63. The second-order valence-corrected chi connectivity index (χ2v) is 5.70. The van der Waals surface area contributed by atoms with Crippen LogP contribution in [0, 0.1) is 0 Å². The number of methoxy groups -OCH3 is 1. The van der Waals surface area contributed by atoms with Crippen molar-refractivity contribution in [1.29, 1.82) is 0 Å². The Kier molecular flexibility index (Phi) is 7.02. The van der Waals surface area contributed by atoms with Crippen molar-refractivity contribution in [2.75, 3.05) is 40.0 Å². The van der Waals surface area contributed by atoms with E-state index >= 15 is 0 Å². The smallest absolute Gasteiger partial charge is 0.257 e. The number of likely N-dealkylation sites (tertiary alicyclic amines) is 1.